The molecule has 2 atom stereocenters. The molecule has 2 aromatic rings. The van der Waals surface area contributed by atoms with Crippen molar-refractivity contribution in [2.45, 2.75) is 32.2 Å². The Hall–Kier alpha value is -2.41. The second-order valence-corrected chi connectivity index (χ2v) is 8.91. The molecule has 154 valence electrons. The van der Waals surface area contributed by atoms with Crippen LogP contribution >= 0.6 is 0 Å². The van der Waals surface area contributed by atoms with Crippen molar-refractivity contribution >= 4 is 11.9 Å². The quantitative estimate of drug-likeness (QED) is 0.809. The zero-order valence-electron chi connectivity index (χ0n) is 16.8. The molecule has 0 aromatic carbocycles. The van der Waals surface area contributed by atoms with Crippen molar-refractivity contribution in [3.8, 4) is 0 Å². The summed E-state index contributed by atoms with van der Waals surface area (Å²) in [6.07, 6.45) is 11.5. The van der Waals surface area contributed by atoms with Gasteiger partial charge in [-0.15, -0.1) is 0 Å². The Morgan fingerprint density at radius 1 is 1.28 bits per heavy atom. The fraction of sp³-hybridized carbons (Fsp3) is 0.591. The van der Waals surface area contributed by atoms with Gasteiger partial charge in [0.25, 0.3) is 0 Å². The van der Waals surface area contributed by atoms with Crippen molar-refractivity contribution in [3.63, 3.8) is 0 Å². The molecule has 4 heterocycles. The Morgan fingerprint density at radius 3 is 2.90 bits per heavy atom. The summed E-state index contributed by atoms with van der Waals surface area (Å²) in [6, 6.07) is 3.86. The molecule has 0 radical (unpaired) electrons. The predicted octanol–water partition coefficient (Wildman–Crippen LogP) is 2.31. The van der Waals surface area contributed by atoms with E-state index in [-0.39, 0.29) is 17.2 Å². The van der Waals surface area contributed by atoms with Crippen LogP contribution in [0.25, 0.3) is 0 Å². The van der Waals surface area contributed by atoms with Crippen LogP contribution in [0.15, 0.2) is 41.5 Å². The number of aromatic nitrogens is 2. The lowest BCUT2D eigenvalue weighted by molar-refractivity contribution is -0.132. The number of likely N-dealkylation sites (tertiary alicyclic amines) is 1. The van der Waals surface area contributed by atoms with Gasteiger partial charge < -0.3 is 14.6 Å². The molecule has 3 aliphatic rings. The van der Waals surface area contributed by atoms with E-state index in [4.69, 9.17) is 4.42 Å². The summed E-state index contributed by atoms with van der Waals surface area (Å²) >= 11 is 0. The first-order valence-corrected chi connectivity index (χ1v) is 10.8. The third-order valence-electron chi connectivity index (χ3n) is 6.79. The average molecular weight is 396 g/mol. The largest absolute Gasteiger partial charge is 0.472 e. The molecule has 2 saturated heterocycles. The molecule has 2 aliphatic heterocycles. The minimum Gasteiger partial charge on any atom is -0.472 e. The predicted molar refractivity (Wildman–Crippen MR) is 109 cm³/mol. The molecule has 0 unspecified atom stereocenters. The Kier molecular flexibility index (Phi) is 4.99. The van der Waals surface area contributed by atoms with Crippen molar-refractivity contribution in [3.05, 3.63) is 42.6 Å². The summed E-state index contributed by atoms with van der Waals surface area (Å²) in [4.78, 5) is 27.1. The van der Waals surface area contributed by atoms with E-state index in [1.807, 2.05) is 18.4 Å². The fourth-order valence-electron chi connectivity index (χ4n) is 5.01. The number of carbonyl (C=O) groups is 1. The molecule has 0 spiro atoms. The van der Waals surface area contributed by atoms with Crippen LogP contribution in [0.1, 0.15) is 31.2 Å². The number of amides is 1. The normalized spacial score (nSPS) is 27.4. The minimum absolute atomic E-state index is 0.234. The van der Waals surface area contributed by atoms with Gasteiger partial charge in [0.2, 0.25) is 11.9 Å². The van der Waals surface area contributed by atoms with Crippen LogP contribution in [0, 0.1) is 17.3 Å². The maximum absolute atomic E-state index is 13.5. The maximum Gasteiger partial charge on any atom is 0.228 e. The lowest BCUT2D eigenvalue weighted by Crippen LogP contribution is -2.48. The molecule has 3 fully saturated rings. The van der Waals surface area contributed by atoms with Gasteiger partial charge in [0.15, 0.2) is 0 Å². The highest BCUT2D eigenvalue weighted by atomic mass is 16.3. The third-order valence-corrected chi connectivity index (χ3v) is 6.79. The number of fused-ring (bicyclic) bond motifs is 1. The SMILES string of the molecule is O=C(NCC1CC1)[C@@]12CCCN(Cc3ccoc3)C[C@H]1CN(c1ncccn1)C2. The van der Waals surface area contributed by atoms with E-state index in [2.05, 4.69) is 25.1 Å². The molecule has 1 aliphatic carbocycles. The first kappa shape index (κ1) is 18.6. The second-order valence-electron chi connectivity index (χ2n) is 8.91. The van der Waals surface area contributed by atoms with Crippen LogP contribution in [0.3, 0.4) is 0 Å². The van der Waals surface area contributed by atoms with Gasteiger partial charge in [0, 0.05) is 56.6 Å². The molecule has 1 N–H and O–H groups in total. The second kappa shape index (κ2) is 7.78. The standard InChI is InChI=1S/C22H29N5O2/c28-20(25-11-17-3-4-17)22-6-1-9-26(12-18-5-10-29-15-18)13-19(22)14-27(16-22)21-23-7-2-8-24-21/h2,5,7-8,10,15,17,19H,1,3-4,6,9,11-14,16H2,(H,25,28)/t19-,22+/m0/s1. The molecule has 5 rings (SSSR count). The van der Waals surface area contributed by atoms with Crippen molar-refractivity contribution in [1.82, 2.24) is 20.2 Å². The first-order chi connectivity index (χ1) is 14.2. The van der Waals surface area contributed by atoms with Crippen LogP contribution in [0.2, 0.25) is 0 Å². The van der Waals surface area contributed by atoms with E-state index in [9.17, 15) is 4.79 Å². The molecular weight excluding hydrogens is 366 g/mol. The van der Waals surface area contributed by atoms with Gasteiger partial charge in [-0.05, 0) is 50.3 Å². The van der Waals surface area contributed by atoms with E-state index < -0.39 is 0 Å². The van der Waals surface area contributed by atoms with Crippen LogP contribution in [-0.2, 0) is 11.3 Å². The molecule has 1 amide bonds. The Labute approximate surface area is 171 Å². The summed E-state index contributed by atoms with van der Waals surface area (Å²) in [7, 11) is 0. The Morgan fingerprint density at radius 2 is 2.14 bits per heavy atom. The zero-order valence-corrected chi connectivity index (χ0v) is 16.8. The van der Waals surface area contributed by atoms with Crippen LogP contribution in [0.4, 0.5) is 5.95 Å². The summed E-state index contributed by atoms with van der Waals surface area (Å²) in [5, 5.41) is 3.30. The van der Waals surface area contributed by atoms with Crippen LogP contribution in [-0.4, -0.2) is 53.5 Å². The molecule has 7 nitrogen and oxygen atoms in total. The lowest BCUT2D eigenvalue weighted by atomic mass is 9.74. The number of anilines is 1. The highest BCUT2D eigenvalue weighted by molar-refractivity contribution is 5.84. The topological polar surface area (TPSA) is 74.5 Å². The summed E-state index contributed by atoms with van der Waals surface area (Å²) in [6.45, 7) is 5.15. The van der Waals surface area contributed by atoms with Crippen molar-refractivity contribution in [2.75, 3.05) is 37.6 Å². The molecule has 7 heteroatoms. The van der Waals surface area contributed by atoms with Crippen LogP contribution in [0.5, 0.6) is 0 Å². The zero-order chi connectivity index (χ0) is 19.7. The molecular formula is C22H29N5O2. The summed E-state index contributed by atoms with van der Waals surface area (Å²) < 4.78 is 5.25. The smallest absolute Gasteiger partial charge is 0.228 e. The van der Waals surface area contributed by atoms with E-state index in [1.165, 1.54) is 18.4 Å². The highest BCUT2D eigenvalue weighted by Crippen LogP contribution is 2.44. The molecule has 0 bridgehead atoms. The Balaban J connectivity index is 1.37. The van der Waals surface area contributed by atoms with Crippen molar-refractivity contribution < 1.29 is 9.21 Å². The van der Waals surface area contributed by atoms with Gasteiger partial charge in [-0.1, -0.05) is 0 Å². The van der Waals surface area contributed by atoms with E-state index in [1.54, 1.807) is 18.7 Å². The highest BCUT2D eigenvalue weighted by Gasteiger charge is 2.53. The maximum atomic E-state index is 13.5. The number of carbonyl (C=O) groups excluding carboxylic acids is 1. The van der Waals surface area contributed by atoms with E-state index in [0.29, 0.717) is 12.5 Å². The van der Waals surface area contributed by atoms with Gasteiger partial charge in [-0.25, -0.2) is 9.97 Å². The molecule has 1 saturated carbocycles. The van der Waals surface area contributed by atoms with Gasteiger partial charge in [-0.3, -0.25) is 9.69 Å². The third kappa shape index (κ3) is 3.88. The monoisotopic (exact) mass is 395 g/mol. The Bertz CT molecular complexity index is 823. The number of furan rings is 1. The number of hydrogen-bond donors (Lipinski definition) is 1. The number of hydrogen-bond acceptors (Lipinski definition) is 6. The average Bonchev–Trinajstić information content (AvgIpc) is 3.36. The van der Waals surface area contributed by atoms with Gasteiger partial charge in [0.1, 0.15) is 0 Å². The molecule has 2 aromatic heterocycles. The fourth-order valence-corrected chi connectivity index (χ4v) is 5.01. The van der Waals surface area contributed by atoms with Gasteiger partial charge in [-0.2, -0.15) is 0 Å². The minimum atomic E-state index is -0.362. The summed E-state index contributed by atoms with van der Waals surface area (Å²) in [5.74, 6) is 1.92. The van der Waals surface area contributed by atoms with Crippen molar-refractivity contribution in [2.24, 2.45) is 17.3 Å². The van der Waals surface area contributed by atoms with Gasteiger partial charge in [0.05, 0.1) is 17.9 Å². The van der Waals surface area contributed by atoms with E-state index in [0.717, 1.165) is 51.5 Å². The summed E-state index contributed by atoms with van der Waals surface area (Å²) in [5.41, 5.74) is 0.830. The van der Waals surface area contributed by atoms with Gasteiger partial charge >= 0.3 is 0 Å². The first-order valence-electron chi connectivity index (χ1n) is 10.8. The van der Waals surface area contributed by atoms with Crippen LogP contribution < -0.4 is 10.2 Å². The number of nitrogens with one attached hydrogen (secondary N) is 1. The lowest BCUT2D eigenvalue weighted by Gasteiger charge is -2.32. The van der Waals surface area contributed by atoms with Crippen molar-refractivity contribution in [1.29, 1.82) is 0 Å². The van der Waals surface area contributed by atoms with E-state index >= 15 is 0 Å². The molecule has 29 heavy (non-hydrogen) atoms. The number of rotatable bonds is 6. The number of nitrogens with zero attached hydrogens (tertiary/aromatic N) is 4.